The molecule has 0 saturated carbocycles. The molecular weight excluding hydrogens is 308 g/mol. The summed E-state index contributed by atoms with van der Waals surface area (Å²) in [6.45, 7) is -0.346. The first-order valence-electron chi connectivity index (χ1n) is 6.05. The Labute approximate surface area is 128 Å². The molecule has 7 heteroatoms. The molecule has 0 atom stereocenters. The van der Waals surface area contributed by atoms with E-state index in [2.05, 4.69) is 4.99 Å². The van der Waals surface area contributed by atoms with E-state index >= 15 is 0 Å². The second-order valence-corrected chi connectivity index (χ2v) is 6.12. The third kappa shape index (κ3) is 2.65. The minimum Gasteiger partial charge on any atom is -0.493 e. The molecular formula is C14H10N2O3S2. The molecule has 1 aromatic carbocycles. The summed E-state index contributed by atoms with van der Waals surface area (Å²) in [5.74, 6) is -1.16. The van der Waals surface area contributed by atoms with Crippen LogP contribution in [-0.4, -0.2) is 20.7 Å². The van der Waals surface area contributed by atoms with Crippen LogP contribution < -0.4 is 10.6 Å². The van der Waals surface area contributed by atoms with Crippen LogP contribution in [0.1, 0.15) is 10.4 Å². The Kier molecular flexibility index (Phi) is 3.44. The molecule has 0 amide bonds. The first-order chi connectivity index (χ1) is 10.0. The minimum absolute atomic E-state index is 0.117. The van der Waals surface area contributed by atoms with E-state index in [4.69, 9.17) is 17.3 Å². The summed E-state index contributed by atoms with van der Waals surface area (Å²) in [7, 11) is 0. The van der Waals surface area contributed by atoms with Gasteiger partial charge in [0.1, 0.15) is 6.54 Å². The Balaban J connectivity index is 2.08. The van der Waals surface area contributed by atoms with Crippen LogP contribution in [0.2, 0.25) is 0 Å². The highest BCUT2D eigenvalue weighted by molar-refractivity contribution is 7.73. The van der Waals surface area contributed by atoms with E-state index in [0.717, 1.165) is 16.1 Å². The number of carbonyl (C=O) groups is 1. The molecule has 0 aliphatic carbocycles. The number of rotatable bonds is 3. The summed E-state index contributed by atoms with van der Waals surface area (Å²) < 4.78 is 1.54. The van der Waals surface area contributed by atoms with Crippen LogP contribution in [0.25, 0.3) is 12.2 Å². The fourth-order valence-corrected chi connectivity index (χ4v) is 3.31. The van der Waals surface area contributed by atoms with E-state index < -0.39 is 5.97 Å². The molecule has 0 fully saturated rings. The average molecular weight is 318 g/mol. The normalized spacial score (nSPS) is 13.2. The van der Waals surface area contributed by atoms with Crippen molar-refractivity contribution in [2.75, 3.05) is 0 Å². The number of fused-ring (bicyclic) bond motifs is 1. The predicted octanol–water partition coefficient (Wildman–Crippen LogP) is 1.50. The van der Waals surface area contributed by atoms with E-state index in [9.17, 15) is 9.90 Å². The number of carboxylic acid groups (broad SMARTS) is 1. The predicted molar refractivity (Wildman–Crippen MR) is 82.3 cm³/mol. The van der Waals surface area contributed by atoms with Gasteiger partial charge in [0.05, 0.1) is 10.2 Å². The average Bonchev–Trinajstić information content (AvgIpc) is 2.98. The number of thiazole rings is 1. The van der Waals surface area contributed by atoms with Crippen LogP contribution >= 0.6 is 23.6 Å². The van der Waals surface area contributed by atoms with Crippen molar-refractivity contribution in [3.05, 3.63) is 49.4 Å². The van der Waals surface area contributed by atoms with E-state index in [0.29, 0.717) is 8.83 Å². The lowest BCUT2D eigenvalue weighted by atomic mass is 10.2. The van der Waals surface area contributed by atoms with Gasteiger partial charge in [0.25, 0.3) is 0 Å². The number of hydrogen-bond donors (Lipinski definition) is 2. The molecule has 2 aromatic rings. The van der Waals surface area contributed by atoms with E-state index in [1.54, 1.807) is 12.3 Å². The number of aromatic nitrogens is 1. The van der Waals surface area contributed by atoms with Gasteiger partial charge in [-0.05, 0) is 41.7 Å². The molecule has 2 N–H and O–H groups in total. The van der Waals surface area contributed by atoms with Crippen LogP contribution in [0.4, 0.5) is 0 Å². The zero-order valence-electron chi connectivity index (χ0n) is 10.7. The standard InChI is InChI=1S/C14H10N2O3S2/c17-12(18)7-16-13(19)11(21-14(16)20)6-8-1-2-10-9(5-8)3-4-15-10/h1-6,19H,7H2,(H,17,18)/b8-6-. The molecule has 0 unspecified atom stereocenters. The first-order valence-corrected chi connectivity index (χ1v) is 7.27. The summed E-state index contributed by atoms with van der Waals surface area (Å²) in [4.78, 5) is 15.5. The lowest BCUT2D eigenvalue weighted by Crippen LogP contribution is -2.10. The number of hydrogen-bond acceptors (Lipinski definition) is 5. The zero-order chi connectivity index (χ0) is 15.0. The third-order valence-corrected chi connectivity index (χ3v) is 4.39. The van der Waals surface area contributed by atoms with Crippen molar-refractivity contribution < 1.29 is 15.0 Å². The van der Waals surface area contributed by atoms with Gasteiger partial charge in [-0.15, -0.1) is 11.3 Å². The maximum absolute atomic E-state index is 10.8. The Hall–Kier alpha value is -2.25. The van der Waals surface area contributed by atoms with E-state index in [1.165, 1.54) is 15.9 Å². The Bertz CT molecular complexity index is 938. The molecule has 5 nitrogen and oxygen atoms in total. The van der Waals surface area contributed by atoms with Crippen molar-refractivity contribution in [2.24, 2.45) is 4.99 Å². The highest BCUT2D eigenvalue weighted by Gasteiger charge is 2.12. The van der Waals surface area contributed by atoms with Crippen LogP contribution in [0.3, 0.4) is 0 Å². The second kappa shape index (κ2) is 5.27. The minimum atomic E-state index is -1.05. The highest BCUT2D eigenvalue weighted by Crippen LogP contribution is 2.26. The van der Waals surface area contributed by atoms with Gasteiger partial charge >= 0.3 is 5.97 Å². The lowest BCUT2D eigenvalue weighted by Gasteiger charge is -1.99. The van der Waals surface area contributed by atoms with E-state index in [-0.39, 0.29) is 12.4 Å². The van der Waals surface area contributed by atoms with Crippen LogP contribution in [0.5, 0.6) is 5.88 Å². The van der Waals surface area contributed by atoms with Gasteiger partial charge in [0, 0.05) is 11.8 Å². The van der Waals surface area contributed by atoms with Gasteiger partial charge in [-0.1, -0.05) is 6.07 Å². The van der Waals surface area contributed by atoms with Gasteiger partial charge < -0.3 is 10.2 Å². The largest absolute Gasteiger partial charge is 0.493 e. The molecule has 21 heavy (non-hydrogen) atoms. The number of aromatic hydroxyl groups is 1. The third-order valence-electron chi connectivity index (χ3n) is 3.00. The molecule has 0 bridgehead atoms. The fraction of sp³-hybridized carbons (Fsp3) is 0.0714. The summed E-state index contributed by atoms with van der Waals surface area (Å²) in [5, 5.41) is 20.7. The summed E-state index contributed by atoms with van der Waals surface area (Å²) >= 11 is 6.26. The van der Waals surface area contributed by atoms with Crippen molar-refractivity contribution in [3.8, 4) is 5.88 Å². The van der Waals surface area contributed by atoms with E-state index in [1.807, 2.05) is 24.3 Å². The van der Waals surface area contributed by atoms with Crippen LogP contribution in [-0.2, 0) is 11.3 Å². The molecule has 3 rings (SSSR count). The monoisotopic (exact) mass is 318 g/mol. The van der Waals surface area contributed by atoms with Crippen molar-refractivity contribution in [1.82, 2.24) is 4.57 Å². The fourth-order valence-electron chi connectivity index (χ4n) is 2.05. The van der Waals surface area contributed by atoms with Crippen molar-refractivity contribution >= 4 is 41.7 Å². The number of aliphatic carboxylic acids is 1. The van der Waals surface area contributed by atoms with Crippen molar-refractivity contribution in [2.45, 2.75) is 6.54 Å². The lowest BCUT2D eigenvalue weighted by molar-refractivity contribution is -0.137. The van der Waals surface area contributed by atoms with Crippen LogP contribution in [0, 0.1) is 3.95 Å². The topological polar surface area (TPSA) is 74.8 Å². The van der Waals surface area contributed by atoms with Gasteiger partial charge in [-0.2, -0.15) is 0 Å². The molecule has 1 aliphatic heterocycles. The molecule has 1 aliphatic rings. The summed E-state index contributed by atoms with van der Waals surface area (Å²) in [6, 6.07) is 5.73. The number of carboxylic acids is 1. The Morgan fingerprint density at radius 2 is 2.29 bits per heavy atom. The summed E-state index contributed by atoms with van der Waals surface area (Å²) in [6.07, 6.45) is 5.42. The van der Waals surface area contributed by atoms with Crippen LogP contribution in [0.15, 0.2) is 29.4 Å². The molecule has 0 radical (unpaired) electrons. The SMILES string of the molecule is O=C(O)Cn1c(O)c(/C=c2/ccc3c(c2)C=CN=3)sc1=S. The van der Waals surface area contributed by atoms with Gasteiger partial charge in [-0.25, -0.2) is 0 Å². The van der Waals surface area contributed by atoms with Gasteiger partial charge in [0.2, 0.25) is 5.88 Å². The second-order valence-electron chi connectivity index (χ2n) is 4.44. The zero-order valence-corrected chi connectivity index (χ0v) is 12.3. The maximum Gasteiger partial charge on any atom is 0.323 e. The molecule has 2 heterocycles. The molecule has 106 valence electrons. The summed E-state index contributed by atoms with van der Waals surface area (Å²) in [5.41, 5.74) is 1.01. The molecule has 0 saturated heterocycles. The Morgan fingerprint density at radius 3 is 3.05 bits per heavy atom. The number of nitrogens with zero attached hydrogens (tertiary/aromatic N) is 2. The van der Waals surface area contributed by atoms with Crippen molar-refractivity contribution in [3.63, 3.8) is 0 Å². The van der Waals surface area contributed by atoms with Crippen molar-refractivity contribution in [1.29, 1.82) is 0 Å². The number of benzene rings is 1. The van der Waals surface area contributed by atoms with Gasteiger partial charge in [-0.3, -0.25) is 14.4 Å². The highest BCUT2D eigenvalue weighted by atomic mass is 32.1. The molecule has 0 spiro atoms. The Morgan fingerprint density at radius 1 is 1.48 bits per heavy atom. The first kappa shape index (κ1) is 13.7. The quantitative estimate of drug-likeness (QED) is 0.841. The smallest absolute Gasteiger partial charge is 0.323 e. The van der Waals surface area contributed by atoms with Gasteiger partial charge in [0.15, 0.2) is 3.95 Å². The maximum atomic E-state index is 10.8. The molecule has 1 aromatic heterocycles.